The molecule has 0 fully saturated rings. The van der Waals surface area contributed by atoms with Crippen LogP contribution in [0, 0.1) is 12.8 Å². The van der Waals surface area contributed by atoms with Crippen LogP contribution in [0.2, 0.25) is 0 Å². The van der Waals surface area contributed by atoms with Crippen molar-refractivity contribution in [3.63, 3.8) is 0 Å². The third-order valence-electron chi connectivity index (χ3n) is 4.31. The standard InChI is InChI=1S/C23H26N/c1-17(2)15-19-9-11-20(12-10-19)21-13-14-23(24(4)16-21)22-8-6-5-7-18(22)3/h5-14,16-17H,15H2,1-4H3/q+1/i1D3,17D. The maximum atomic E-state index is 8.12. The van der Waals surface area contributed by atoms with E-state index in [4.69, 9.17) is 5.48 Å². The van der Waals surface area contributed by atoms with Gasteiger partial charge in [0.25, 0.3) is 0 Å². The molecule has 0 saturated carbocycles. The normalized spacial score (nSPS) is 16.5. The molecule has 1 aromatic heterocycles. The molecule has 1 atom stereocenters. The molecule has 0 bridgehead atoms. The maximum Gasteiger partial charge on any atom is 0.212 e. The Bertz CT molecular complexity index is 973. The van der Waals surface area contributed by atoms with Crippen molar-refractivity contribution in [1.82, 2.24) is 0 Å². The van der Waals surface area contributed by atoms with Crippen molar-refractivity contribution >= 4 is 0 Å². The first-order chi connectivity index (χ1) is 13.1. The minimum Gasteiger partial charge on any atom is -0.200 e. The number of hydrogen-bond acceptors (Lipinski definition) is 0. The summed E-state index contributed by atoms with van der Waals surface area (Å²) < 4.78 is 32.8. The molecule has 0 spiro atoms. The third-order valence-corrected chi connectivity index (χ3v) is 4.31. The van der Waals surface area contributed by atoms with E-state index in [9.17, 15) is 0 Å². The fourth-order valence-corrected chi connectivity index (χ4v) is 3.04. The van der Waals surface area contributed by atoms with E-state index in [0.29, 0.717) is 0 Å². The summed E-state index contributed by atoms with van der Waals surface area (Å²) in [4.78, 5) is 0. The van der Waals surface area contributed by atoms with Gasteiger partial charge in [-0.25, -0.2) is 4.57 Å². The summed E-state index contributed by atoms with van der Waals surface area (Å²) >= 11 is 0. The fraction of sp³-hybridized carbons (Fsp3) is 0.261. The lowest BCUT2D eigenvalue weighted by atomic mass is 9.99. The highest BCUT2D eigenvalue weighted by Crippen LogP contribution is 2.24. The molecular weight excluding hydrogens is 290 g/mol. The van der Waals surface area contributed by atoms with Crippen LogP contribution in [0.5, 0.6) is 0 Å². The molecule has 1 heterocycles. The Labute approximate surface area is 151 Å². The topological polar surface area (TPSA) is 3.88 Å². The van der Waals surface area contributed by atoms with Crippen molar-refractivity contribution in [2.75, 3.05) is 0 Å². The minimum absolute atomic E-state index is 0.198. The fourth-order valence-electron chi connectivity index (χ4n) is 3.04. The van der Waals surface area contributed by atoms with E-state index in [-0.39, 0.29) is 6.42 Å². The molecule has 1 unspecified atom stereocenters. The zero-order valence-electron chi connectivity index (χ0n) is 18.5. The Kier molecular flexibility index (Phi) is 3.51. The van der Waals surface area contributed by atoms with Gasteiger partial charge < -0.3 is 0 Å². The lowest BCUT2D eigenvalue weighted by molar-refractivity contribution is -0.659. The first-order valence-electron chi connectivity index (χ1n) is 10.2. The van der Waals surface area contributed by atoms with Gasteiger partial charge in [0.2, 0.25) is 5.69 Å². The van der Waals surface area contributed by atoms with Gasteiger partial charge in [-0.3, -0.25) is 0 Å². The number of pyridine rings is 1. The van der Waals surface area contributed by atoms with Crippen LogP contribution in [0.3, 0.4) is 0 Å². The van der Waals surface area contributed by atoms with Crippen LogP contribution >= 0.6 is 0 Å². The van der Waals surface area contributed by atoms with Gasteiger partial charge in [-0.2, -0.15) is 0 Å². The SMILES string of the molecule is [2H]C([2H])([2H])C([2H])(C)Cc1ccc(-c2ccc(-c3ccccc3C)[n+](C)c2)cc1. The summed E-state index contributed by atoms with van der Waals surface area (Å²) in [6.45, 7) is 1.28. The molecule has 3 aromatic rings. The molecule has 24 heavy (non-hydrogen) atoms. The summed E-state index contributed by atoms with van der Waals surface area (Å²) in [5.74, 6) is -1.49. The van der Waals surface area contributed by atoms with E-state index in [1.54, 1.807) is 0 Å². The smallest absolute Gasteiger partial charge is 0.200 e. The largest absolute Gasteiger partial charge is 0.212 e. The molecule has 0 aliphatic carbocycles. The Balaban J connectivity index is 1.85. The number of nitrogens with zero attached hydrogens (tertiary/aromatic N) is 1. The summed E-state index contributed by atoms with van der Waals surface area (Å²) in [7, 11) is 2.04. The van der Waals surface area contributed by atoms with Crippen LogP contribution in [0.4, 0.5) is 0 Å². The van der Waals surface area contributed by atoms with Crippen molar-refractivity contribution < 1.29 is 10.1 Å². The summed E-state index contributed by atoms with van der Waals surface area (Å²) in [5.41, 5.74) is 6.63. The van der Waals surface area contributed by atoms with E-state index in [0.717, 1.165) is 22.4 Å². The predicted molar refractivity (Wildman–Crippen MR) is 102 cm³/mol. The lowest BCUT2D eigenvalue weighted by Crippen LogP contribution is -2.30. The molecule has 0 aliphatic heterocycles. The number of aryl methyl sites for hydroxylation is 2. The second-order valence-electron chi connectivity index (χ2n) is 6.38. The first kappa shape index (κ1) is 12.0. The second-order valence-corrected chi connectivity index (χ2v) is 6.38. The van der Waals surface area contributed by atoms with Crippen molar-refractivity contribution in [2.24, 2.45) is 12.9 Å². The van der Waals surface area contributed by atoms with E-state index in [2.05, 4.69) is 42.0 Å². The first-order valence-corrected chi connectivity index (χ1v) is 8.23. The number of hydrogen-bond donors (Lipinski definition) is 0. The summed E-state index contributed by atoms with van der Waals surface area (Å²) in [6.07, 6.45) is 2.30. The second kappa shape index (κ2) is 7.00. The van der Waals surface area contributed by atoms with Gasteiger partial charge in [0.1, 0.15) is 7.05 Å². The van der Waals surface area contributed by atoms with Gasteiger partial charge in [-0.1, -0.05) is 56.2 Å². The van der Waals surface area contributed by atoms with Gasteiger partial charge in [0.15, 0.2) is 6.20 Å². The van der Waals surface area contributed by atoms with Crippen LogP contribution < -0.4 is 4.57 Å². The molecule has 2 aromatic carbocycles. The molecule has 0 N–H and O–H groups in total. The Morgan fingerprint density at radius 1 is 1.00 bits per heavy atom. The van der Waals surface area contributed by atoms with Crippen molar-refractivity contribution in [3.05, 3.63) is 78.0 Å². The van der Waals surface area contributed by atoms with Gasteiger partial charge in [-0.15, -0.1) is 0 Å². The van der Waals surface area contributed by atoms with Crippen LogP contribution in [0.25, 0.3) is 22.4 Å². The molecule has 1 heteroatoms. The molecule has 1 nitrogen and oxygen atoms in total. The number of rotatable bonds is 4. The molecule has 0 saturated heterocycles. The summed E-state index contributed by atoms with van der Waals surface area (Å²) in [6, 6.07) is 20.4. The van der Waals surface area contributed by atoms with Gasteiger partial charge in [-0.05, 0) is 48.1 Å². The average Bonchev–Trinajstić information content (AvgIpc) is 2.62. The van der Waals surface area contributed by atoms with Gasteiger partial charge in [0.05, 0.1) is 0 Å². The van der Waals surface area contributed by atoms with E-state index in [1.807, 2.05) is 43.4 Å². The van der Waals surface area contributed by atoms with E-state index >= 15 is 0 Å². The zero-order valence-corrected chi connectivity index (χ0v) is 14.5. The van der Waals surface area contributed by atoms with Crippen molar-refractivity contribution in [1.29, 1.82) is 0 Å². The van der Waals surface area contributed by atoms with Crippen LogP contribution in [0.15, 0.2) is 66.9 Å². The quantitative estimate of drug-likeness (QED) is 0.570. The molecule has 3 rings (SSSR count). The predicted octanol–water partition coefficient (Wildman–Crippen LogP) is 5.35. The molecule has 0 amide bonds. The highest BCUT2D eigenvalue weighted by Gasteiger charge is 2.13. The Morgan fingerprint density at radius 3 is 2.38 bits per heavy atom. The zero-order chi connectivity index (χ0) is 20.5. The third kappa shape index (κ3) is 3.56. The summed E-state index contributed by atoms with van der Waals surface area (Å²) in [5, 5.41) is 0. The Morgan fingerprint density at radius 2 is 1.71 bits per heavy atom. The highest BCUT2D eigenvalue weighted by atomic mass is 14.9. The van der Waals surface area contributed by atoms with Gasteiger partial charge >= 0.3 is 0 Å². The molecule has 122 valence electrons. The van der Waals surface area contributed by atoms with Crippen LogP contribution in [-0.2, 0) is 13.5 Å². The highest BCUT2D eigenvalue weighted by molar-refractivity contribution is 5.66. The van der Waals surface area contributed by atoms with Crippen molar-refractivity contribution in [3.8, 4) is 22.4 Å². The maximum absolute atomic E-state index is 8.12. The van der Waals surface area contributed by atoms with E-state index in [1.165, 1.54) is 18.1 Å². The molecular formula is C23H26N+. The van der Waals surface area contributed by atoms with Crippen LogP contribution in [-0.4, -0.2) is 0 Å². The average molecular weight is 320 g/mol. The lowest BCUT2D eigenvalue weighted by Gasteiger charge is -2.08. The number of aromatic nitrogens is 1. The van der Waals surface area contributed by atoms with E-state index < -0.39 is 12.7 Å². The van der Waals surface area contributed by atoms with Gasteiger partial charge in [0, 0.05) is 22.7 Å². The minimum atomic E-state index is -2.30. The molecule has 0 radical (unpaired) electrons. The van der Waals surface area contributed by atoms with Crippen molar-refractivity contribution in [2.45, 2.75) is 27.1 Å². The Hall–Kier alpha value is -2.41. The monoisotopic (exact) mass is 320 g/mol. The number of benzene rings is 2. The molecule has 0 aliphatic rings. The van der Waals surface area contributed by atoms with Crippen LogP contribution in [0.1, 0.15) is 30.4 Å².